The Kier molecular flexibility index (Phi) is 6.23. The molecule has 21 heavy (non-hydrogen) atoms. The Morgan fingerprint density at radius 2 is 1.81 bits per heavy atom. The topological polar surface area (TPSA) is 76.9 Å². The van der Waals surface area contributed by atoms with E-state index in [9.17, 15) is 39.3 Å². The Hall–Kier alpha value is -1.30. The molecule has 1 N–H and O–H groups in total. The molecular formula is C9H12F6N2O3S. The average Bonchev–Trinajstić information content (AvgIpc) is 2.71. The molecule has 1 aromatic heterocycles. The van der Waals surface area contributed by atoms with E-state index >= 15 is 0 Å². The minimum Gasteiger partial charge on any atom is -0.743 e. The molecule has 1 rings (SSSR count). The highest BCUT2D eigenvalue weighted by Gasteiger charge is 2.61. The molecule has 0 spiro atoms. The van der Waals surface area contributed by atoms with E-state index in [1.54, 1.807) is 0 Å². The molecule has 0 aliphatic heterocycles. The fourth-order valence-corrected chi connectivity index (χ4v) is 1.49. The van der Waals surface area contributed by atoms with Gasteiger partial charge in [0.2, 0.25) is 0 Å². The monoisotopic (exact) mass is 342 g/mol. The number of rotatable bonds is 3. The maximum atomic E-state index is 11.8. The maximum Gasteiger partial charge on any atom is 0.426 e. The quantitative estimate of drug-likeness (QED) is 0.513. The van der Waals surface area contributed by atoms with Crippen molar-refractivity contribution >= 4 is 10.1 Å². The molecule has 1 heterocycles. The molecule has 12 heteroatoms. The summed E-state index contributed by atoms with van der Waals surface area (Å²) in [6, 6.07) is 0. The lowest BCUT2D eigenvalue weighted by atomic mass is 10.4. The smallest absolute Gasteiger partial charge is 0.426 e. The minimum atomic E-state index is -6.66. The summed E-state index contributed by atoms with van der Waals surface area (Å²) in [5.41, 5.74) is 0. The highest BCUT2D eigenvalue weighted by molar-refractivity contribution is 7.86. The molecule has 0 aliphatic rings. The third-order valence-corrected chi connectivity index (χ3v) is 3.10. The predicted molar refractivity (Wildman–Crippen MR) is 56.9 cm³/mol. The largest absolute Gasteiger partial charge is 0.743 e. The van der Waals surface area contributed by atoms with Gasteiger partial charge in [0, 0.05) is 6.42 Å². The van der Waals surface area contributed by atoms with Gasteiger partial charge in [0.05, 0.1) is 7.05 Å². The van der Waals surface area contributed by atoms with Gasteiger partial charge in [-0.2, -0.15) is 22.0 Å². The van der Waals surface area contributed by atoms with Gasteiger partial charge >= 0.3 is 11.4 Å². The zero-order valence-electron chi connectivity index (χ0n) is 10.8. The summed E-state index contributed by atoms with van der Waals surface area (Å²) in [4.78, 5) is 3.12. The normalized spacial score (nSPS) is 14.3. The number of aromatic nitrogens is 2. The van der Waals surface area contributed by atoms with Crippen LogP contribution in [0.1, 0.15) is 12.7 Å². The summed E-state index contributed by atoms with van der Waals surface area (Å²) in [5, 5.41) is -5.99. The second-order valence-corrected chi connectivity index (χ2v) is 5.24. The van der Waals surface area contributed by atoms with Crippen molar-refractivity contribution in [1.82, 2.24) is 4.98 Å². The van der Waals surface area contributed by atoms with Crippen LogP contribution in [0.4, 0.5) is 26.3 Å². The molecular weight excluding hydrogens is 330 g/mol. The summed E-state index contributed by atoms with van der Waals surface area (Å²) in [6.07, 6.45) is -6.08. The average molecular weight is 342 g/mol. The van der Waals surface area contributed by atoms with Gasteiger partial charge in [0.1, 0.15) is 12.4 Å². The van der Waals surface area contributed by atoms with Gasteiger partial charge in [-0.1, -0.05) is 6.92 Å². The van der Waals surface area contributed by atoms with Crippen LogP contribution >= 0.6 is 0 Å². The van der Waals surface area contributed by atoms with Crippen molar-refractivity contribution in [3.05, 3.63) is 18.2 Å². The van der Waals surface area contributed by atoms with Crippen LogP contribution in [0.2, 0.25) is 0 Å². The van der Waals surface area contributed by atoms with Crippen molar-refractivity contribution in [2.75, 3.05) is 0 Å². The van der Waals surface area contributed by atoms with Crippen LogP contribution in [0, 0.1) is 0 Å². The van der Waals surface area contributed by atoms with Crippen molar-refractivity contribution in [3.63, 3.8) is 0 Å². The molecule has 0 saturated carbocycles. The number of halogens is 6. The number of hydrogen-bond acceptors (Lipinski definition) is 3. The Morgan fingerprint density at radius 3 is 1.95 bits per heavy atom. The number of nitrogens with one attached hydrogen (secondary N) is 1. The first-order chi connectivity index (χ1) is 9.25. The summed E-state index contributed by atoms with van der Waals surface area (Å²) in [5.74, 6) is 1.27. The van der Waals surface area contributed by atoms with Crippen LogP contribution in [0.5, 0.6) is 0 Å². The Morgan fingerprint density at radius 1 is 1.33 bits per heavy atom. The Bertz CT molecular complexity index is 554. The molecule has 0 radical (unpaired) electrons. The zero-order chi connectivity index (χ0) is 17.1. The first-order valence-corrected chi connectivity index (χ1v) is 6.71. The highest BCUT2D eigenvalue weighted by atomic mass is 32.2. The second kappa shape index (κ2) is 6.64. The summed E-state index contributed by atoms with van der Waals surface area (Å²) < 4.78 is 99.6. The van der Waals surface area contributed by atoms with Crippen LogP contribution in [-0.2, 0) is 23.6 Å². The summed E-state index contributed by atoms with van der Waals surface area (Å²) >= 11 is 0. The first-order valence-electron chi connectivity index (χ1n) is 5.31. The zero-order valence-corrected chi connectivity index (χ0v) is 11.6. The van der Waals surface area contributed by atoms with E-state index in [1.807, 2.05) is 19.4 Å². The number of aromatic amines is 1. The number of hydrogen-bond donors (Lipinski definition) is 1. The van der Waals surface area contributed by atoms with Crippen LogP contribution in [0.25, 0.3) is 0 Å². The second-order valence-electron chi connectivity index (χ2n) is 3.79. The number of nitrogens with zero attached hydrogens (tertiary/aromatic N) is 1. The number of imidazole rings is 1. The Balaban J connectivity index is 0.000000423. The van der Waals surface area contributed by atoms with Crippen LogP contribution < -0.4 is 4.57 Å². The van der Waals surface area contributed by atoms with Gasteiger partial charge in [-0.05, 0) is 0 Å². The molecule has 1 aromatic rings. The molecule has 0 amide bonds. The van der Waals surface area contributed by atoms with Gasteiger partial charge in [0.25, 0.3) is 12.0 Å². The van der Waals surface area contributed by atoms with E-state index in [2.05, 4.69) is 16.5 Å². The maximum absolute atomic E-state index is 11.8. The van der Waals surface area contributed by atoms with Gasteiger partial charge in [0.15, 0.2) is 10.1 Å². The lowest BCUT2D eigenvalue weighted by Crippen LogP contribution is -2.46. The van der Waals surface area contributed by atoms with E-state index in [1.165, 1.54) is 5.82 Å². The first kappa shape index (κ1) is 19.7. The molecule has 0 aromatic carbocycles. The highest BCUT2D eigenvalue weighted by Crippen LogP contribution is 2.37. The lowest BCUT2D eigenvalue weighted by Gasteiger charge is -2.24. The van der Waals surface area contributed by atoms with E-state index in [0.29, 0.717) is 0 Å². The van der Waals surface area contributed by atoms with Crippen molar-refractivity contribution in [2.45, 2.75) is 30.9 Å². The van der Waals surface area contributed by atoms with Gasteiger partial charge in [-0.3, -0.25) is 0 Å². The third-order valence-electron chi connectivity index (χ3n) is 2.22. The van der Waals surface area contributed by atoms with Crippen LogP contribution in [0.3, 0.4) is 0 Å². The fourth-order valence-electron chi connectivity index (χ4n) is 1.11. The summed E-state index contributed by atoms with van der Waals surface area (Å²) in [7, 11) is -4.63. The van der Waals surface area contributed by atoms with Gasteiger partial charge in [-0.25, -0.2) is 22.4 Å². The van der Waals surface area contributed by atoms with Crippen LogP contribution in [-0.4, -0.2) is 35.6 Å². The van der Waals surface area contributed by atoms with Gasteiger partial charge in [-0.15, -0.1) is 0 Å². The summed E-state index contributed by atoms with van der Waals surface area (Å²) in [6.45, 7) is 2.13. The molecule has 0 aliphatic carbocycles. The van der Waals surface area contributed by atoms with Crippen LogP contribution in [0.15, 0.2) is 12.4 Å². The van der Waals surface area contributed by atoms with E-state index < -0.39 is 27.7 Å². The van der Waals surface area contributed by atoms with Crippen molar-refractivity contribution in [1.29, 1.82) is 0 Å². The fraction of sp³-hybridized carbons (Fsp3) is 0.667. The SMILES string of the molecule is CCc1[nH]cc[n+]1C.O=S(=O)([O-])C(F)(F)C(F)C(F)(F)F. The molecule has 0 fully saturated rings. The molecule has 1 atom stereocenters. The number of H-pyrrole nitrogens is 1. The van der Waals surface area contributed by atoms with Crippen molar-refractivity contribution in [3.8, 4) is 0 Å². The van der Waals surface area contributed by atoms with Crippen molar-refractivity contribution < 1.29 is 43.9 Å². The molecule has 1 unspecified atom stereocenters. The lowest BCUT2D eigenvalue weighted by molar-refractivity contribution is -0.677. The molecule has 0 saturated heterocycles. The van der Waals surface area contributed by atoms with E-state index in [0.717, 1.165) is 6.42 Å². The minimum absolute atomic E-state index is 1.07. The predicted octanol–water partition coefficient (Wildman–Crippen LogP) is 1.43. The number of aryl methyl sites for hydroxylation is 2. The van der Waals surface area contributed by atoms with E-state index in [4.69, 9.17) is 0 Å². The molecule has 124 valence electrons. The third kappa shape index (κ3) is 5.19. The molecule has 0 bridgehead atoms. The standard InChI is InChI=1S/C6H10N2.C3H2F6O3S/c1-3-6-7-4-5-8(6)2;4-1(2(5,6)7)3(8,9)13(10,11)12/h4-5H,3H2,1-2H3;1H,(H,10,11,12). The Labute approximate surface area is 116 Å². The number of alkyl halides is 6. The van der Waals surface area contributed by atoms with E-state index in [-0.39, 0.29) is 0 Å². The van der Waals surface area contributed by atoms with Gasteiger partial charge < -0.3 is 4.55 Å². The molecule has 5 nitrogen and oxygen atoms in total. The van der Waals surface area contributed by atoms with Crippen molar-refractivity contribution in [2.24, 2.45) is 7.05 Å².